The summed E-state index contributed by atoms with van der Waals surface area (Å²) in [6.45, 7) is 0. The quantitative estimate of drug-likeness (QED) is 0.751. The van der Waals surface area contributed by atoms with E-state index < -0.39 is 17.4 Å². The average molecular weight is 198 g/mol. The first-order chi connectivity index (χ1) is 6.66. The van der Waals surface area contributed by atoms with Crippen molar-refractivity contribution in [2.24, 2.45) is 0 Å². The van der Waals surface area contributed by atoms with Gasteiger partial charge in [0.25, 0.3) is 0 Å². The first-order valence-corrected chi connectivity index (χ1v) is 3.68. The molecule has 0 saturated carbocycles. The lowest BCUT2D eigenvalue weighted by molar-refractivity contribution is 0.387. The van der Waals surface area contributed by atoms with Crippen LogP contribution in [0.25, 0.3) is 11.4 Å². The fourth-order valence-electron chi connectivity index (χ4n) is 1.03. The van der Waals surface area contributed by atoms with Gasteiger partial charge in [-0.1, -0.05) is 5.16 Å². The summed E-state index contributed by atoms with van der Waals surface area (Å²) in [5.41, 5.74) is -0.0164. The van der Waals surface area contributed by atoms with Crippen molar-refractivity contribution in [2.45, 2.75) is 0 Å². The van der Waals surface area contributed by atoms with Gasteiger partial charge in [-0.15, -0.1) is 0 Å². The fraction of sp³-hybridized carbons (Fsp3) is 0. The number of hydrogen-bond acceptors (Lipinski definition) is 3. The van der Waals surface area contributed by atoms with Crippen molar-refractivity contribution >= 4 is 0 Å². The number of halogens is 2. The lowest BCUT2D eigenvalue weighted by Gasteiger charge is -1.96. The predicted octanol–water partition coefficient (Wildman–Crippen LogP) is 1.31. The van der Waals surface area contributed by atoms with E-state index in [1.807, 2.05) is 0 Å². The van der Waals surface area contributed by atoms with E-state index in [1.54, 1.807) is 0 Å². The highest BCUT2D eigenvalue weighted by Gasteiger charge is 2.10. The molecule has 6 heteroatoms. The van der Waals surface area contributed by atoms with Gasteiger partial charge >= 0.3 is 5.76 Å². The Bertz CT molecular complexity index is 518. The highest BCUT2D eigenvalue weighted by atomic mass is 19.1. The maximum atomic E-state index is 13.1. The van der Waals surface area contributed by atoms with Gasteiger partial charge in [0.1, 0.15) is 11.6 Å². The zero-order chi connectivity index (χ0) is 10.1. The molecule has 4 nitrogen and oxygen atoms in total. The second-order valence-corrected chi connectivity index (χ2v) is 2.57. The molecule has 1 aromatic heterocycles. The first-order valence-electron chi connectivity index (χ1n) is 3.68. The van der Waals surface area contributed by atoms with Crippen LogP contribution in [0.3, 0.4) is 0 Å². The van der Waals surface area contributed by atoms with Crippen LogP contribution in [0, 0.1) is 11.6 Å². The number of hydrogen-bond donors (Lipinski definition) is 1. The molecule has 0 unspecified atom stereocenters. The molecule has 14 heavy (non-hydrogen) atoms. The minimum absolute atomic E-state index is 0.0164. The van der Waals surface area contributed by atoms with Gasteiger partial charge in [-0.05, 0) is 12.1 Å². The molecule has 1 aromatic carbocycles. The average Bonchev–Trinajstić information content (AvgIpc) is 2.51. The standard InChI is InChI=1S/C8H4F2N2O2/c9-4-1-2-5(6(10)3-4)7-11-8(13)14-12-7/h1-3H,(H,11,12,13). The zero-order valence-corrected chi connectivity index (χ0v) is 6.75. The van der Waals surface area contributed by atoms with Crippen molar-refractivity contribution in [3.63, 3.8) is 0 Å². The smallest absolute Gasteiger partial charge is 0.296 e. The first kappa shape index (κ1) is 8.61. The Morgan fingerprint density at radius 1 is 1.36 bits per heavy atom. The summed E-state index contributed by atoms with van der Waals surface area (Å²) in [6, 6.07) is 2.92. The van der Waals surface area contributed by atoms with Crippen LogP contribution in [0.15, 0.2) is 27.5 Å². The van der Waals surface area contributed by atoms with Crippen LogP contribution in [-0.2, 0) is 0 Å². The second-order valence-electron chi connectivity index (χ2n) is 2.57. The Kier molecular flexibility index (Phi) is 1.88. The third-order valence-electron chi connectivity index (χ3n) is 1.63. The topological polar surface area (TPSA) is 58.9 Å². The van der Waals surface area contributed by atoms with E-state index in [1.165, 1.54) is 6.07 Å². The van der Waals surface area contributed by atoms with Crippen LogP contribution in [-0.4, -0.2) is 10.1 Å². The summed E-state index contributed by atoms with van der Waals surface area (Å²) in [5, 5.41) is 3.27. The van der Waals surface area contributed by atoms with Crippen molar-refractivity contribution in [3.05, 3.63) is 40.4 Å². The molecule has 2 aromatic rings. The minimum atomic E-state index is -0.811. The molecule has 1 N–H and O–H groups in total. The van der Waals surface area contributed by atoms with E-state index in [2.05, 4.69) is 14.7 Å². The molecule has 0 spiro atoms. The van der Waals surface area contributed by atoms with E-state index >= 15 is 0 Å². The zero-order valence-electron chi connectivity index (χ0n) is 6.75. The maximum Gasteiger partial charge on any atom is 0.439 e. The van der Waals surface area contributed by atoms with Crippen LogP contribution >= 0.6 is 0 Å². The summed E-state index contributed by atoms with van der Waals surface area (Å²) < 4.78 is 29.8. The van der Waals surface area contributed by atoms with Gasteiger partial charge in [-0.2, -0.15) is 0 Å². The number of rotatable bonds is 1. The third-order valence-corrected chi connectivity index (χ3v) is 1.63. The van der Waals surface area contributed by atoms with Crippen LogP contribution in [0.4, 0.5) is 8.78 Å². The highest BCUT2D eigenvalue weighted by molar-refractivity contribution is 5.54. The van der Waals surface area contributed by atoms with E-state index in [0.717, 1.165) is 6.07 Å². The summed E-state index contributed by atoms with van der Waals surface area (Å²) in [4.78, 5) is 12.7. The summed E-state index contributed by atoms with van der Waals surface area (Å²) in [5.74, 6) is -2.36. The Balaban J connectivity index is 2.57. The second kappa shape index (κ2) is 3.06. The van der Waals surface area contributed by atoms with Gasteiger partial charge < -0.3 is 0 Å². The molecule has 0 aliphatic rings. The molecule has 0 amide bonds. The van der Waals surface area contributed by atoms with E-state index in [0.29, 0.717) is 6.07 Å². The lowest BCUT2D eigenvalue weighted by atomic mass is 10.2. The molecule has 72 valence electrons. The van der Waals surface area contributed by atoms with E-state index in [-0.39, 0.29) is 11.4 Å². The third kappa shape index (κ3) is 1.41. The van der Waals surface area contributed by atoms with Crippen LogP contribution < -0.4 is 5.76 Å². The fourth-order valence-corrected chi connectivity index (χ4v) is 1.03. The van der Waals surface area contributed by atoms with E-state index in [4.69, 9.17) is 0 Å². The molecule has 0 fully saturated rings. The van der Waals surface area contributed by atoms with Gasteiger partial charge in [-0.3, -0.25) is 9.51 Å². The summed E-state index contributed by atoms with van der Waals surface area (Å²) in [7, 11) is 0. The van der Waals surface area contributed by atoms with Crippen LogP contribution in [0.1, 0.15) is 0 Å². The molecule has 0 aliphatic carbocycles. The number of nitrogens with one attached hydrogen (secondary N) is 1. The van der Waals surface area contributed by atoms with Crippen molar-refractivity contribution in [1.29, 1.82) is 0 Å². The monoisotopic (exact) mass is 198 g/mol. The molecule has 1 heterocycles. The molecule has 0 saturated heterocycles. The minimum Gasteiger partial charge on any atom is -0.296 e. The Labute approximate surface area is 76.2 Å². The molecular weight excluding hydrogens is 194 g/mol. The SMILES string of the molecule is O=c1[nH]c(-c2ccc(F)cc2F)no1. The molecule has 0 radical (unpaired) electrons. The highest BCUT2D eigenvalue weighted by Crippen LogP contribution is 2.18. The Hall–Kier alpha value is -1.98. The number of aromatic nitrogens is 2. The van der Waals surface area contributed by atoms with Gasteiger partial charge in [0.2, 0.25) is 0 Å². The van der Waals surface area contributed by atoms with Gasteiger partial charge in [-0.25, -0.2) is 13.6 Å². The maximum absolute atomic E-state index is 13.1. The molecular formula is C8H4F2N2O2. The number of H-pyrrole nitrogens is 1. The van der Waals surface area contributed by atoms with Crippen molar-refractivity contribution in [3.8, 4) is 11.4 Å². The number of benzene rings is 1. The predicted molar refractivity (Wildman–Crippen MR) is 42.5 cm³/mol. The molecule has 2 rings (SSSR count). The Morgan fingerprint density at radius 3 is 2.71 bits per heavy atom. The van der Waals surface area contributed by atoms with Gasteiger partial charge in [0, 0.05) is 6.07 Å². The van der Waals surface area contributed by atoms with Crippen LogP contribution in [0.5, 0.6) is 0 Å². The van der Waals surface area contributed by atoms with Gasteiger partial charge in [0.15, 0.2) is 5.82 Å². The van der Waals surface area contributed by atoms with Crippen molar-refractivity contribution in [1.82, 2.24) is 10.1 Å². The number of nitrogens with zero attached hydrogens (tertiary/aromatic N) is 1. The van der Waals surface area contributed by atoms with Crippen molar-refractivity contribution < 1.29 is 13.3 Å². The molecule has 0 atom stereocenters. The molecule has 0 bridgehead atoms. The number of aromatic amines is 1. The van der Waals surface area contributed by atoms with Crippen LogP contribution in [0.2, 0.25) is 0 Å². The van der Waals surface area contributed by atoms with E-state index in [9.17, 15) is 13.6 Å². The van der Waals surface area contributed by atoms with Crippen molar-refractivity contribution in [2.75, 3.05) is 0 Å². The summed E-state index contributed by atoms with van der Waals surface area (Å²) >= 11 is 0. The molecule has 0 aliphatic heterocycles. The normalized spacial score (nSPS) is 10.4. The van der Waals surface area contributed by atoms with Gasteiger partial charge in [0.05, 0.1) is 5.56 Å². The lowest BCUT2D eigenvalue weighted by Crippen LogP contribution is -1.95. The largest absolute Gasteiger partial charge is 0.439 e. The Morgan fingerprint density at radius 2 is 2.14 bits per heavy atom. The summed E-state index contributed by atoms with van der Waals surface area (Å²) in [6.07, 6.45) is 0.